The van der Waals surface area contributed by atoms with Gasteiger partial charge >= 0.3 is 5.69 Å². The molecule has 1 aromatic heterocycles. The lowest BCUT2D eigenvalue weighted by Crippen LogP contribution is -2.39. The van der Waals surface area contributed by atoms with E-state index in [2.05, 4.69) is 53.5 Å². The number of halogens is 1. The van der Waals surface area contributed by atoms with E-state index in [-0.39, 0.29) is 11.6 Å². The summed E-state index contributed by atoms with van der Waals surface area (Å²) in [6.07, 6.45) is 1.49. The summed E-state index contributed by atoms with van der Waals surface area (Å²) >= 11 is 3.16. The summed E-state index contributed by atoms with van der Waals surface area (Å²) in [6.45, 7) is 9.51. The second-order valence-corrected chi connectivity index (χ2v) is 5.92. The zero-order valence-electron chi connectivity index (χ0n) is 12.2. The molecule has 0 aliphatic carbocycles. The quantitative estimate of drug-likeness (QED) is 0.560. The maximum absolute atomic E-state index is 10.9. The number of aromatic nitrogens is 1. The molecule has 0 aromatic carbocycles. The Morgan fingerprint density at radius 3 is 2.50 bits per heavy atom. The van der Waals surface area contributed by atoms with E-state index in [1.54, 1.807) is 0 Å². The lowest BCUT2D eigenvalue weighted by Gasteiger charge is -2.30. The van der Waals surface area contributed by atoms with Gasteiger partial charge in [0.05, 0.1) is 4.92 Å². The second-order valence-electron chi connectivity index (χ2n) is 5.01. The van der Waals surface area contributed by atoms with Crippen LogP contribution in [0.1, 0.15) is 27.7 Å². The molecule has 112 valence electrons. The molecule has 0 spiro atoms. The maximum Gasteiger partial charge on any atom is 0.332 e. The minimum atomic E-state index is -0.490. The molecule has 6 nitrogen and oxygen atoms in total. The van der Waals surface area contributed by atoms with E-state index in [1.807, 2.05) is 0 Å². The van der Waals surface area contributed by atoms with Gasteiger partial charge in [0.25, 0.3) is 5.88 Å². The summed E-state index contributed by atoms with van der Waals surface area (Å²) in [4.78, 5) is 16.7. The van der Waals surface area contributed by atoms with Gasteiger partial charge in [-0.2, -0.15) is 0 Å². The average Bonchev–Trinajstić information content (AvgIpc) is 2.34. The summed E-state index contributed by atoms with van der Waals surface area (Å²) in [7, 11) is 0. The zero-order valence-corrected chi connectivity index (χ0v) is 13.8. The van der Waals surface area contributed by atoms with Crippen molar-refractivity contribution >= 4 is 21.6 Å². The van der Waals surface area contributed by atoms with Gasteiger partial charge in [-0.05, 0) is 43.6 Å². The van der Waals surface area contributed by atoms with Gasteiger partial charge in [-0.1, -0.05) is 0 Å². The van der Waals surface area contributed by atoms with E-state index in [0.29, 0.717) is 29.7 Å². The molecule has 20 heavy (non-hydrogen) atoms. The molecular weight excluding hydrogens is 326 g/mol. The summed E-state index contributed by atoms with van der Waals surface area (Å²) in [5.41, 5.74) is -0.125. The van der Waals surface area contributed by atoms with Crippen molar-refractivity contribution in [1.82, 2.24) is 9.88 Å². The lowest BCUT2D eigenvalue weighted by atomic mass is 10.2. The fraction of sp³-hybridized carbons (Fsp3) is 0.615. The van der Waals surface area contributed by atoms with E-state index in [4.69, 9.17) is 4.74 Å². The van der Waals surface area contributed by atoms with Crippen LogP contribution in [0.15, 0.2) is 16.7 Å². The Hall–Kier alpha value is -1.21. The Kier molecular flexibility index (Phi) is 6.35. The number of hydrogen-bond acceptors (Lipinski definition) is 5. The summed E-state index contributed by atoms with van der Waals surface area (Å²) in [5.74, 6) is 0.0608. The highest BCUT2D eigenvalue weighted by Gasteiger charge is 2.19. The van der Waals surface area contributed by atoms with Gasteiger partial charge in [0, 0.05) is 35.4 Å². The van der Waals surface area contributed by atoms with Crippen LogP contribution in [0.2, 0.25) is 0 Å². The first kappa shape index (κ1) is 16.8. The topological polar surface area (TPSA) is 68.5 Å². The van der Waals surface area contributed by atoms with Crippen molar-refractivity contribution in [3.05, 3.63) is 26.9 Å². The van der Waals surface area contributed by atoms with Gasteiger partial charge in [0.15, 0.2) is 0 Å². The van der Waals surface area contributed by atoms with E-state index in [9.17, 15) is 10.1 Å². The van der Waals surface area contributed by atoms with Crippen molar-refractivity contribution in [2.24, 2.45) is 0 Å². The summed E-state index contributed by atoms with van der Waals surface area (Å²) in [5, 5.41) is 10.9. The van der Waals surface area contributed by atoms with Crippen LogP contribution in [-0.4, -0.2) is 40.0 Å². The minimum Gasteiger partial charge on any atom is -0.471 e. The Bertz CT molecular complexity index is 458. The summed E-state index contributed by atoms with van der Waals surface area (Å²) in [6, 6.07) is 2.18. The van der Waals surface area contributed by atoms with Crippen LogP contribution in [0, 0.1) is 10.1 Å². The molecule has 1 rings (SSSR count). The van der Waals surface area contributed by atoms with E-state index >= 15 is 0 Å². The monoisotopic (exact) mass is 345 g/mol. The van der Waals surface area contributed by atoms with Crippen LogP contribution >= 0.6 is 15.9 Å². The van der Waals surface area contributed by atoms with E-state index in [1.165, 1.54) is 12.3 Å². The van der Waals surface area contributed by atoms with Crippen LogP contribution in [0.4, 0.5) is 5.69 Å². The third kappa shape index (κ3) is 4.72. The number of pyridine rings is 1. The van der Waals surface area contributed by atoms with Gasteiger partial charge in [0.2, 0.25) is 0 Å². The molecule has 1 heterocycles. The molecule has 0 N–H and O–H groups in total. The van der Waals surface area contributed by atoms with Crippen molar-refractivity contribution in [1.29, 1.82) is 0 Å². The second kappa shape index (κ2) is 7.54. The average molecular weight is 346 g/mol. The maximum atomic E-state index is 10.9. The van der Waals surface area contributed by atoms with E-state index < -0.39 is 4.92 Å². The Balaban J connectivity index is 2.68. The molecule has 0 unspecified atom stereocenters. The third-order valence-corrected chi connectivity index (χ3v) is 3.34. The highest BCUT2D eigenvalue weighted by molar-refractivity contribution is 9.10. The van der Waals surface area contributed by atoms with Crippen LogP contribution < -0.4 is 4.74 Å². The molecule has 1 aromatic rings. The predicted molar refractivity (Wildman–Crippen MR) is 81.1 cm³/mol. The SMILES string of the molecule is CC(C)N(CCOc1ncc(Br)cc1[N+](=O)[O-])C(C)C. The van der Waals surface area contributed by atoms with Crippen molar-refractivity contribution < 1.29 is 9.66 Å². The first-order valence-corrected chi connectivity index (χ1v) is 7.30. The van der Waals surface area contributed by atoms with Crippen molar-refractivity contribution in [2.75, 3.05) is 13.2 Å². The molecule has 0 bridgehead atoms. The molecule has 0 saturated heterocycles. The Labute approximate surface area is 127 Å². The van der Waals surface area contributed by atoms with Gasteiger partial charge < -0.3 is 4.74 Å². The third-order valence-electron chi connectivity index (χ3n) is 2.91. The lowest BCUT2D eigenvalue weighted by molar-refractivity contribution is -0.386. The van der Waals surface area contributed by atoms with Gasteiger partial charge in [-0.15, -0.1) is 0 Å². The first-order valence-electron chi connectivity index (χ1n) is 6.51. The van der Waals surface area contributed by atoms with Gasteiger partial charge in [-0.3, -0.25) is 15.0 Å². The number of rotatable bonds is 7. The number of ether oxygens (including phenoxy) is 1. The molecule has 0 radical (unpaired) electrons. The van der Waals surface area contributed by atoms with Crippen molar-refractivity contribution in [2.45, 2.75) is 39.8 Å². The largest absolute Gasteiger partial charge is 0.471 e. The van der Waals surface area contributed by atoms with Crippen LogP contribution in [-0.2, 0) is 0 Å². The summed E-state index contributed by atoms with van der Waals surface area (Å²) < 4.78 is 6.03. The first-order chi connectivity index (χ1) is 9.32. The predicted octanol–water partition coefficient (Wildman–Crippen LogP) is 3.25. The Morgan fingerprint density at radius 2 is 2.00 bits per heavy atom. The molecule has 0 amide bonds. The molecule has 0 aliphatic heterocycles. The standard InChI is InChI=1S/C13H20BrN3O3/c1-9(2)16(10(3)4)5-6-20-13-12(17(18)19)7-11(14)8-15-13/h7-10H,5-6H2,1-4H3. The highest BCUT2D eigenvalue weighted by Crippen LogP contribution is 2.27. The van der Waals surface area contributed by atoms with Crippen LogP contribution in [0.5, 0.6) is 5.88 Å². The van der Waals surface area contributed by atoms with Crippen molar-refractivity contribution in [3.8, 4) is 5.88 Å². The van der Waals surface area contributed by atoms with Gasteiger partial charge in [0.1, 0.15) is 6.61 Å². The van der Waals surface area contributed by atoms with Crippen LogP contribution in [0.3, 0.4) is 0 Å². The van der Waals surface area contributed by atoms with Gasteiger partial charge in [-0.25, -0.2) is 4.98 Å². The van der Waals surface area contributed by atoms with Crippen molar-refractivity contribution in [3.63, 3.8) is 0 Å². The van der Waals surface area contributed by atoms with Crippen LogP contribution in [0.25, 0.3) is 0 Å². The number of nitro groups is 1. The molecule has 0 saturated carbocycles. The fourth-order valence-electron chi connectivity index (χ4n) is 2.02. The zero-order chi connectivity index (χ0) is 15.3. The number of hydrogen-bond donors (Lipinski definition) is 0. The smallest absolute Gasteiger partial charge is 0.332 e. The molecule has 0 fully saturated rings. The number of nitrogens with zero attached hydrogens (tertiary/aromatic N) is 3. The fourth-order valence-corrected chi connectivity index (χ4v) is 2.34. The molecule has 0 aliphatic rings. The highest BCUT2D eigenvalue weighted by atomic mass is 79.9. The molecule has 7 heteroatoms. The molecular formula is C13H20BrN3O3. The van der Waals surface area contributed by atoms with E-state index in [0.717, 1.165) is 0 Å². The minimum absolute atomic E-state index is 0.0608. The normalized spacial score (nSPS) is 11.4. The molecule has 0 atom stereocenters. The Morgan fingerprint density at radius 1 is 1.40 bits per heavy atom.